The summed E-state index contributed by atoms with van der Waals surface area (Å²) in [5.74, 6) is -0.0245. The number of para-hydroxylation sites is 1. The Bertz CT molecular complexity index is 1770. The summed E-state index contributed by atoms with van der Waals surface area (Å²) in [6.07, 6.45) is 7.05. The molecule has 4 N–H and O–H groups in total. The lowest BCUT2D eigenvalue weighted by atomic mass is 10.1. The number of aromatic amines is 1. The summed E-state index contributed by atoms with van der Waals surface area (Å²) in [7, 11) is 3.86. The number of amides is 2. The van der Waals surface area contributed by atoms with Gasteiger partial charge < -0.3 is 25.8 Å². The quantitative estimate of drug-likeness (QED) is 0.158. The summed E-state index contributed by atoms with van der Waals surface area (Å²) in [5, 5.41) is 10.2. The number of carbonyl (C=O) groups excluding carboxylic acids is 2. The Labute approximate surface area is 244 Å². The molecule has 2 aromatic heterocycles. The molecule has 0 spiro atoms. The minimum atomic E-state index is -0.257. The van der Waals surface area contributed by atoms with Crippen molar-refractivity contribution in [3.63, 3.8) is 0 Å². The molecular weight excluding hydrogens is 526 g/mol. The molecule has 5 rings (SSSR count). The molecule has 0 saturated carbocycles. The van der Waals surface area contributed by atoms with E-state index in [-0.39, 0.29) is 11.8 Å². The topological polar surface area (TPSA) is 115 Å². The molecule has 9 heteroatoms. The number of likely N-dealkylation sites (N-methyl/N-ethyl adjacent to an activating group) is 1. The second-order valence-electron chi connectivity index (χ2n) is 10.3. The highest BCUT2D eigenvalue weighted by Crippen LogP contribution is 2.30. The van der Waals surface area contributed by atoms with E-state index in [0.717, 1.165) is 39.0 Å². The van der Waals surface area contributed by atoms with Crippen molar-refractivity contribution in [2.75, 3.05) is 36.6 Å². The fourth-order valence-corrected chi connectivity index (χ4v) is 4.46. The Morgan fingerprint density at radius 3 is 2.48 bits per heavy atom. The van der Waals surface area contributed by atoms with Crippen molar-refractivity contribution in [3.8, 4) is 11.3 Å². The lowest BCUT2D eigenvalue weighted by Gasteiger charge is -2.13. The zero-order chi connectivity index (χ0) is 29.6. The summed E-state index contributed by atoms with van der Waals surface area (Å²) in [6.45, 7) is 4.59. The summed E-state index contributed by atoms with van der Waals surface area (Å²) < 4.78 is 0. The third-order valence-corrected chi connectivity index (χ3v) is 6.71. The molecule has 0 aliphatic heterocycles. The molecule has 0 bridgehead atoms. The summed E-state index contributed by atoms with van der Waals surface area (Å²) in [5.41, 5.74) is 7.26. The molecule has 0 aliphatic rings. The van der Waals surface area contributed by atoms with Gasteiger partial charge in [-0.3, -0.25) is 9.59 Å². The van der Waals surface area contributed by atoms with Crippen LogP contribution in [-0.4, -0.2) is 52.3 Å². The Balaban J connectivity index is 1.27. The smallest absolute Gasteiger partial charge is 0.255 e. The second kappa shape index (κ2) is 12.5. The predicted octanol–water partition coefficient (Wildman–Crippen LogP) is 6.29. The zero-order valence-corrected chi connectivity index (χ0v) is 24.0. The molecule has 5 aromatic rings. The van der Waals surface area contributed by atoms with Crippen molar-refractivity contribution >= 4 is 45.7 Å². The molecule has 2 heterocycles. The molecule has 9 nitrogen and oxygen atoms in total. The number of hydrogen-bond acceptors (Lipinski definition) is 6. The van der Waals surface area contributed by atoms with E-state index in [2.05, 4.69) is 32.0 Å². The molecule has 0 radical (unpaired) electrons. The number of benzene rings is 3. The highest BCUT2D eigenvalue weighted by Gasteiger charge is 2.13. The van der Waals surface area contributed by atoms with E-state index in [9.17, 15) is 9.59 Å². The second-order valence-corrected chi connectivity index (χ2v) is 10.3. The standard InChI is InChI=1S/C33H33N7O2/c1-21-11-14-25(37-33-35-19-22(2)31(39-33)27-20-34-28-9-6-5-8-26(27)28)18-29(21)38-32(42)23-12-15-24(16-13-23)36-30(41)10-7-17-40(3)4/h5-16,18-20,34H,17H2,1-4H3,(H,36,41)(H,38,42)(H,35,37,39). The monoisotopic (exact) mass is 559 g/mol. The molecule has 2 amide bonds. The van der Waals surface area contributed by atoms with Gasteiger partial charge in [-0.1, -0.05) is 30.3 Å². The summed E-state index contributed by atoms with van der Waals surface area (Å²) in [4.78, 5) is 39.7. The van der Waals surface area contributed by atoms with Crippen molar-refractivity contribution in [2.24, 2.45) is 0 Å². The zero-order valence-electron chi connectivity index (χ0n) is 24.0. The predicted molar refractivity (Wildman–Crippen MR) is 169 cm³/mol. The van der Waals surface area contributed by atoms with E-state index in [0.29, 0.717) is 29.4 Å². The Hall–Kier alpha value is -5.28. The number of anilines is 4. The van der Waals surface area contributed by atoms with E-state index >= 15 is 0 Å². The van der Waals surface area contributed by atoms with Crippen LogP contribution in [0.3, 0.4) is 0 Å². The molecule has 0 atom stereocenters. The van der Waals surface area contributed by atoms with E-state index in [1.54, 1.807) is 36.5 Å². The third-order valence-electron chi connectivity index (χ3n) is 6.71. The van der Waals surface area contributed by atoms with E-state index < -0.39 is 0 Å². The number of nitrogens with one attached hydrogen (secondary N) is 4. The summed E-state index contributed by atoms with van der Waals surface area (Å²) in [6, 6.07) is 20.6. The van der Waals surface area contributed by atoms with Crippen LogP contribution in [0, 0.1) is 13.8 Å². The van der Waals surface area contributed by atoms with Crippen molar-refractivity contribution in [2.45, 2.75) is 13.8 Å². The minimum absolute atomic E-state index is 0.222. The van der Waals surface area contributed by atoms with Gasteiger partial charge in [-0.15, -0.1) is 0 Å². The highest BCUT2D eigenvalue weighted by atomic mass is 16.2. The average molecular weight is 560 g/mol. The van der Waals surface area contributed by atoms with Gasteiger partial charge in [-0.05, 0) is 81.5 Å². The first kappa shape index (κ1) is 28.3. The molecule has 0 saturated heterocycles. The number of aromatic nitrogens is 3. The van der Waals surface area contributed by atoms with Gasteiger partial charge in [0.2, 0.25) is 11.9 Å². The van der Waals surface area contributed by atoms with E-state index in [1.807, 2.05) is 75.4 Å². The number of aryl methyl sites for hydroxylation is 2. The van der Waals surface area contributed by atoms with Gasteiger partial charge in [0.05, 0.1) is 5.69 Å². The van der Waals surface area contributed by atoms with E-state index in [4.69, 9.17) is 4.98 Å². The number of fused-ring (bicyclic) bond motifs is 1. The van der Waals surface area contributed by atoms with Crippen LogP contribution in [0.15, 0.2) is 91.3 Å². The van der Waals surface area contributed by atoms with Gasteiger partial charge in [-0.2, -0.15) is 0 Å². The van der Waals surface area contributed by atoms with Crippen molar-refractivity contribution in [1.29, 1.82) is 0 Å². The van der Waals surface area contributed by atoms with Crippen LogP contribution >= 0.6 is 0 Å². The van der Waals surface area contributed by atoms with Gasteiger partial charge in [0.25, 0.3) is 5.91 Å². The summed E-state index contributed by atoms with van der Waals surface area (Å²) >= 11 is 0. The Kier molecular flexibility index (Phi) is 8.40. The molecule has 212 valence electrons. The van der Waals surface area contributed by atoms with Gasteiger partial charge in [0.1, 0.15) is 0 Å². The number of rotatable bonds is 9. The van der Waals surface area contributed by atoms with Crippen molar-refractivity contribution < 1.29 is 9.59 Å². The average Bonchev–Trinajstić information content (AvgIpc) is 3.40. The van der Waals surface area contributed by atoms with Gasteiger partial charge in [-0.25, -0.2) is 9.97 Å². The van der Waals surface area contributed by atoms with Crippen LogP contribution in [-0.2, 0) is 4.79 Å². The highest BCUT2D eigenvalue weighted by molar-refractivity contribution is 6.05. The van der Waals surface area contributed by atoms with Gasteiger partial charge in [0, 0.05) is 64.1 Å². The van der Waals surface area contributed by atoms with Crippen LogP contribution in [0.25, 0.3) is 22.2 Å². The Morgan fingerprint density at radius 2 is 1.69 bits per heavy atom. The fourth-order valence-electron chi connectivity index (χ4n) is 4.46. The van der Waals surface area contributed by atoms with Crippen molar-refractivity contribution in [1.82, 2.24) is 19.9 Å². The fraction of sp³-hybridized carbons (Fsp3) is 0.152. The van der Waals surface area contributed by atoms with Crippen LogP contribution in [0.1, 0.15) is 21.5 Å². The minimum Gasteiger partial charge on any atom is -0.360 e. The number of H-pyrrole nitrogens is 1. The van der Waals surface area contributed by atoms with Crippen LogP contribution in [0.5, 0.6) is 0 Å². The first-order chi connectivity index (χ1) is 20.3. The van der Waals surface area contributed by atoms with Crippen LogP contribution in [0.2, 0.25) is 0 Å². The maximum Gasteiger partial charge on any atom is 0.255 e. The maximum atomic E-state index is 13.0. The van der Waals surface area contributed by atoms with Crippen LogP contribution < -0.4 is 16.0 Å². The molecule has 42 heavy (non-hydrogen) atoms. The maximum absolute atomic E-state index is 13.0. The van der Waals surface area contributed by atoms with Gasteiger partial charge >= 0.3 is 0 Å². The number of carbonyl (C=O) groups is 2. The lowest BCUT2D eigenvalue weighted by Crippen LogP contribution is -2.14. The molecular formula is C33H33N7O2. The first-order valence-corrected chi connectivity index (χ1v) is 13.6. The van der Waals surface area contributed by atoms with Gasteiger partial charge in [0.15, 0.2) is 0 Å². The molecule has 0 aliphatic carbocycles. The normalized spacial score (nSPS) is 11.3. The number of hydrogen-bond donors (Lipinski definition) is 4. The largest absolute Gasteiger partial charge is 0.360 e. The van der Waals surface area contributed by atoms with E-state index in [1.165, 1.54) is 6.08 Å². The molecule has 3 aromatic carbocycles. The van der Waals surface area contributed by atoms with Crippen molar-refractivity contribution in [3.05, 3.63) is 108 Å². The lowest BCUT2D eigenvalue weighted by molar-refractivity contribution is -0.111. The number of nitrogens with zero attached hydrogens (tertiary/aromatic N) is 3. The first-order valence-electron chi connectivity index (χ1n) is 13.6. The Morgan fingerprint density at radius 1 is 0.929 bits per heavy atom. The SMILES string of the molecule is Cc1ccc(Nc2ncc(C)c(-c3c[nH]c4ccccc34)n2)cc1NC(=O)c1ccc(NC(=O)C=CCN(C)C)cc1. The molecule has 0 fully saturated rings. The third kappa shape index (κ3) is 6.71. The molecule has 0 unspecified atom stereocenters. The van der Waals surface area contributed by atoms with Crippen LogP contribution in [0.4, 0.5) is 23.0 Å².